The molecular formula is C31H30N6O3. The average Bonchev–Trinajstić information content (AvgIpc) is 3.35. The van der Waals surface area contributed by atoms with E-state index >= 15 is 0 Å². The van der Waals surface area contributed by atoms with E-state index in [1.807, 2.05) is 60.7 Å². The Balaban J connectivity index is 1.41. The summed E-state index contributed by atoms with van der Waals surface area (Å²) >= 11 is 0. The predicted molar refractivity (Wildman–Crippen MR) is 157 cm³/mol. The fourth-order valence-electron chi connectivity index (χ4n) is 4.19. The molecule has 9 heteroatoms. The highest BCUT2D eigenvalue weighted by atomic mass is 16.5. The van der Waals surface area contributed by atoms with E-state index in [9.17, 15) is 9.59 Å². The number of anilines is 3. The predicted octanol–water partition coefficient (Wildman–Crippen LogP) is 7.11. The third kappa shape index (κ3) is 5.94. The minimum Gasteiger partial charge on any atom is -0.457 e. The maximum absolute atomic E-state index is 13.2. The Morgan fingerprint density at radius 3 is 2.27 bits per heavy atom. The van der Waals surface area contributed by atoms with Crippen molar-refractivity contribution in [2.24, 2.45) is 0 Å². The first kappa shape index (κ1) is 26.4. The molecule has 9 nitrogen and oxygen atoms in total. The Labute approximate surface area is 232 Å². The molecule has 2 heterocycles. The Bertz CT molecular complexity index is 1690. The molecule has 202 valence electrons. The SMILES string of the molecule is CC(=O)Nc1cc(Oc2ccc(NC(=O)Nc3cc(C(C)(C)C)nn3-c3ccccc3)c3ccccc23)ccn1. The van der Waals surface area contributed by atoms with E-state index in [1.54, 1.807) is 35.1 Å². The number of nitrogens with one attached hydrogen (secondary N) is 3. The summed E-state index contributed by atoms with van der Waals surface area (Å²) in [6, 6.07) is 25.8. The molecule has 5 aromatic rings. The van der Waals surface area contributed by atoms with Crippen molar-refractivity contribution in [2.75, 3.05) is 16.0 Å². The highest BCUT2D eigenvalue weighted by molar-refractivity contribution is 6.07. The van der Waals surface area contributed by atoms with Gasteiger partial charge in [0.15, 0.2) is 0 Å². The standard InChI is InChI=1S/C31H30N6O3/c1-20(38)33-28-18-22(16-17-32-28)40-26-15-14-25(23-12-8-9-13-24(23)26)34-30(39)35-29-19-27(31(2,3)4)36-37(29)21-10-6-5-7-11-21/h5-19H,1-4H3,(H,32,33,38)(H2,34,35,39). The topological polar surface area (TPSA) is 110 Å². The monoisotopic (exact) mass is 534 g/mol. The summed E-state index contributed by atoms with van der Waals surface area (Å²) in [5.74, 6) is 1.86. The van der Waals surface area contributed by atoms with Gasteiger partial charge in [-0.05, 0) is 30.3 Å². The van der Waals surface area contributed by atoms with Gasteiger partial charge in [0.2, 0.25) is 5.91 Å². The Hall–Kier alpha value is -5.18. The van der Waals surface area contributed by atoms with Crippen molar-refractivity contribution in [2.45, 2.75) is 33.1 Å². The minimum atomic E-state index is -0.398. The number of hydrogen-bond donors (Lipinski definition) is 3. The number of aromatic nitrogens is 3. The summed E-state index contributed by atoms with van der Waals surface area (Å²) in [6.07, 6.45) is 1.56. The van der Waals surface area contributed by atoms with E-state index < -0.39 is 6.03 Å². The van der Waals surface area contributed by atoms with Gasteiger partial charge >= 0.3 is 6.03 Å². The number of carbonyl (C=O) groups excluding carboxylic acids is 2. The molecule has 0 bridgehead atoms. The zero-order chi connectivity index (χ0) is 28.3. The lowest BCUT2D eigenvalue weighted by atomic mass is 9.92. The summed E-state index contributed by atoms with van der Waals surface area (Å²) in [6.45, 7) is 7.66. The van der Waals surface area contributed by atoms with Crippen molar-refractivity contribution < 1.29 is 14.3 Å². The maximum atomic E-state index is 13.2. The fourth-order valence-corrected chi connectivity index (χ4v) is 4.19. The Morgan fingerprint density at radius 2 is 1.55 bits per heavy atom. The molecule has 0 spiro atoms. The molecule has 0 saturated carbocycles. The maximum Gasteiger partial charge on any atom is 0.324 e. The van der Waals surface area contributed by atoms with Gasteiger partial charge in [-0.25, -0.2) is 14.5 Å². The second-order valence-electron chi connectivity index (χ2n) is 10.3. The molecule has 0 saturated heterocycles. The van der Waals surface area contributed by atoms with E-state index in [-0.39, 0.29) is 11.3 Å². The molecule has 40 heavy (non-hydrogen) atoms. The van der Waals surface area contributed by atoms with Crippen molar-refractivity contribution >= 4 is 40.0 Å². The summed E-state index contributed by atoms with van der Waals surface area (Å²) in [5.41, 5.74) is 2.13. The van der Waals surface area contributed by atoms with Crippen LogP contribution in [-0.4, -0.2) is 26.7 Å². The van der Waals surface area contributed by atoms with Crippen LogP contribution >= 0.6 is 0 Å². The Kier molecular flexibility index (Phi) is 7.20. The molecule has 5 rings (SSSR count). The quantitative estimate of drug-likeness (QED) is 0.215. The molecule has 0 radical (unpaired) electrons. The first-order valence-corrected chi connectivity index (χ1v) is 12.8. The first-order chi connectivity index (χ1) is 19.2. The molecule has 0 aliphatic heterocycles. The highest BCUT2D eigenvalue weighted by Crippen LogP contribution is 2.35. The largest absolute Gasteiger partial charge is 0.457 e. The van der Waals surface area contributed by atoms with E-state index in [1.165, 1.54) is 6.92 Å². The van der Waals surface area contributed by atoms with Gasteiger partial charge < -0.3 is 15.4 Å². The van der Waals surface area contributed by atoms with Crippen LogP contribution in [0.2, 0.25) is 0 Å². The van der Waals surface area contributed by atoms with Crippen molar-refractivity contribution in [1.82, 2.24) is 14.8 Å². The normalized spacial score (nSPS) is 11.2. The minimum absolute atomic E-state index is 0.198. The lowest BCUT2D eigenvalue weighted by Crippen LogP contribution is -2.21. The molecule has 2 aromatic heterocycles. The van der Waals surface area contributed by atoms with Gasteiger partial charge in [0.25, 0.3) is 0 Å². The summed E-state index contributed by atoms with van der Waals surface area (Å²) < 4.78 is 7.87. The van der Waals surface area contributed by atoms with Crippen LogP contribution in [0.15, 0.2) is 91.1 Å². The van der Waals surface area contributed by atoms with Crippen molar-refractivity contribution in [3.63, 3.8) is 0 Å². The second-order valence-corrected chi connectivity index (χ2v) is 10.3. The van der Waals surface area contributed by atoms with Gasteiger partial charge in [0, 0.05) is 41.4 Å². The summed E-state index contributed by atoms with van der Waals surface area (Å²) in [5, 5.41) is 15.0. The van der Waals surface area contributed by atoms with Crippen LogP contribution in [0, 0.1) is 0 Å². The third-order valence-electron chi connectivity index (χ3n) is 6.12. The number of pyridine rings is 1. The molecule has 3 aromatic carbocycles. The molecule has 0 aliphatic rings. The van der Waals surface area contributed by atoms with Crippen LogP contribution in [0.1, 0.15) is 33.4 Å². The Morgan fingerprint density at radius 1 is 0.825 bits per heavy atom. The number of hydrogen-bond acceptors (Lipinski definition) is 5. The molecule has 0 fully saturated rings. The van der Waals surface area contributed by atoms with Crippen LogP contribution in [0.3, 0.4) is 0 Å². The summed E-state index contributed by atoms with van der Waals surface area (Å²) in [7, 11) is 0. The van der Waals surface area contributed by atoms with Crippen molar-refractivity contribution in [1.29, 1.82) is 0 Å². The number of carbonyl (C=O) groups is 2. The van der Waals surface area contributed by atoms with Gasteiger partial charge in [-0.2, -0.15) is 5.10 Å². The summed E-state index contributed by atoms with van der Waals surface area (Å²) in [4.78, 5) is 28.8. The number of para-hydroxylation sites is 1. The first-order valence-electron chi connectivity index (χ1n) is 12.8. The van der Waals surface area contributed by atoms with Gasteiger partial charge in [-0.3, -0.25) is 10.1 Å². The number of benzene rings is 3. The molecular weight excluding hydrogens is 504 g/mol. The van der Waals surface area contributed by atoms with E-state index in [0.29, 0.717) is 28.8 Å². The van der Waals surface area contributed by atoms with Crippen LogP contribution in [-0.2, 0) is 10.2 Å². The smallest absolute Gasteiger partial charge is 0.324 e. The zero-order valence-electron chi connectivity index (χ0n) is 22.7. The zero-order valence-corrected chi connectivity index (χ0v) is 22.7. The van der Waals surface area contributed by atoms with Gasteiger partial charge in [-0.15, -0.1) is 0 Å². The van der Waals surface area contributed by atoms with E-state index in [4.69, 9.17) is 9.84 Å². The number of nitrogens with zero attached hydrogens (tertiary/aromatic N) is 3. The average molecular weight is 535 g/mol. The number of fused-ring (bicyclic) bond motifs is 1. The molecule has 0 unspecified atom stereocenters. The van der Waals surface area contributed by atoms with Gasteiger partial charge in [-0.1, -0.05) is 63.2 Å². The fraction of sp³-hybridized carbons (Fsp3) is 0.161. The van der Waals surface area contributed by atoms with Crippen molar-refractivity contribution in [3.8, 4) is 17.2 Å². The number of urea groups is 1. The van der Waals surface area contributed by atoms with Crippen LogP contribution in [0.25, 0.3) is 16.5 Å². The van der Waals surface area contributed by atoms with Crippen LogP contribution in [0.4, 0.5) is 22.1 Å². The lowest BCUT2D eigenvalue weighted by molar-refractivity contribution is -0.114. The number of rotatable bonds is 6. The van der Waals surface area contributed by atoms with Crippen LogP contribution < -0.4 is 20.7 Å². The third-order valence-corrected chi connectivity index (χ3v) is 6.12. The second kappa shape index (κ2) is 10.9. The lowest BCUT2D eigenvalue weighted by Gasteiger charge is -2.14. The molecule has 3 N–H and O–H groups in total. The van der Waals surface area contributed by atoms with Crippen molar-refractivity contribution in [3.05, 3.63) is 96.8 Å². The highest BCUT2D eigenvalue weighted by Gasteiger charge is 2.22. The van der Waals surface area contributed by atoms with E-state index in [0.717, 1.165) is 22.2 Å². The molecule has 0 atom stereocenters. The van der Waals surface area contributed by atoms with E-state index in [2.05, 4.69) is 41.7 Å². The number of ether oxygens (including phenoxy) is 1. The van der Waals surface area contributed by atoms with Gasteiger partial charge in [0.1, 0.15) is 23.1 Å². The van der Waals surface area contributed by atoms with Gasteiger partial charge in [0.05, 0.1) is 17.1 Å². The van der Waals surface area contributed by atoms with Crippen LogP contribution in [0.5, 0.6) is 11.5 Å². The molecule has 3 amide bonds. The molecule has 0 aliphatic carbocycles. The number of amides is 3.